The Morgan fingerprint density at radius 2 is 1.86 bits per heavy atom. The Morgan fingerprint density at radius 3 is 2.57 bits per heavy atom. The largest absolute Gasteiger partial charge is 0.496 e. The van der Waals surface area contributed by atoms with Crippen LogP contribution in [0.3, 0.4) is 0 Å². The summed E-state index contributed by atoms with van der Waals surface area (Å²) >= 11 is 7.52. The summed E-state index contributed by atoms with van der Waals surface area (Å²) in [4.78, 5) is 25.9. The maximum absolute atomic E-state index is 12.7. The van der Waals surface area contributed by atoms with Gasteiger partial charge < -0.3 is 15.4 Å². The summed E-state index contributed by atoms with van der Waals surface area (Å²) in [6.07, 6.45) is 0. The molecular formula is C21H21ClN2O3S. The number of ether oxygens (including phenoxy) is 1. The lowest BCUT2D eigenvalue weighted by Crippen LogP contribution is -2.25. The number of hydrogen-bond donors (Lipinski definition) is 2. The fourth-order valence-corrected chi connectivity index (χ4v) is 3.69. The topological polar surface area (TPSA) is 67.4 Å². The van der Waals surface area contributed by atoms with E-state index < -0.39 is 0 Å². The molecule has 2 N–H and O–H groups in total. The van der Waals surface area contributed by atoms with E-state index in [9.17, 15) is 9.59 Å². The highest BCUT2D eigenvalue weighted by molar-refractivity contribution is 8.04. The van der Waals surface area contributed by atoms with Crippen molar-refractivity contribution in [2.45, 2.75) is 20.4 Å². The molecule has 0 spiro atoms. The molecule has 2 aromatic rings. The van der Waals surface area contributed by atoms with Crippen LogP contribution in [0.1, 0.15) is 28.4 Å². The Kier molecular flexibility index (Phi) is 6.65. The van der Waals surface area contributed by atoms with E-state index in [1.54, 1.807) is 25.1 Å². The van der Waals surface area contributed by atoms with Gasteiger partial charge in [-0.25, -0.2) is 0 Å². The summed E-state index contributed by atoms with van der Waals surface area (Å²) in [6, 6.07) is 12.7. The lowest BCUT2D eigenvalue weighted by molar-refractivity contribution is -0.112. The van der Waals surface area contributed by atoms with Crippen molar-refractivity contribution in [1.82, 2.24) is 5.32 Å². The van der Waals surface area contributed by atoms with Gasteiger partial charge >= 0.3 is 0 Å². The van der Waals surface area contributed by atoms with Gasteiger partial charge in [0.2, 0.25) is 0 Å². The second kappa shape index (κ2) is 9.17. The van der Waals surface area contributed by atoms with Crippen LogP contribution in [-0.4, -0.2) is 24.2 Å². The maximum atomic E-state index is 12.7. The fraction of sp³-hybridized carbons (Fsp3) is 0.238. The molecule has 0 aromatic heterocycles. The monoisotopic (exact) mass is 416 g/mol. The van der Waals surface area contributed by atoms with Gasteiger partial charge in [-0.1, -0.05) is 41.4 Å². The van der Waals surface area contributed by atoms with Gasteiger partial charge in [0.25, 0.3) is 11.8 Å². The molecule has 2 aromatic carbocycles. The highest BCUT2D eigenvalue weighted by Gasteiger charge is 2.21. The predicted octanol–water partition coefficient (Wildman–Crippen LogP) is 4.51. The Morgan fingerprint density at radius 1 is 1.11 bits per heavy atom. The number of halogens is 1. The third-order valence-electron chi connectivity index (χ3n) is 4.22. The van der Waals surface area contributed by atoms with E-state index in [4.69, 9.17) is 16.3 Å². The number of benzene rings is 2. The number of carbonyl (C=O) groups is 2. The van der Waals surface area contributed by atoms with Gasteiger partial charge in [0.1, 0.15) is 10.7 Å². The van der Waals surface area contributed by atoms with Crippen LogP contribution in [0.5, 0.6) is 0 Å². The molecule has 0 aliphatic carbocycles. The first kappa shape index (κ1) is 20.3. The van der Waals surface area contributed by atoms with Crippen molar-refractivity contribution in [3.05, 3.63) is 74.8 Å². The van der Waals surface area contributed by atoms with Gasteiger partial charge in [-0.05, 0) is 37.6 Å². The third-order valence-corrected chi connectivity index (χ3v) is 5.59. The molecule has 0 unspecified atom stereocenters. The van der Waals surface area contributed by atoms with Gasteiger partial charge in [-0.2, -0.15) is 0 Å². The van der Waals surface area contributed by atoms with Gasteiger partial charge in [0.05, 0.1) is 17.9 Å². The van der Waals surface area contributed by atoms with Gasteiger partial charge in [-0.3, -0.25) is 9.59 Å². The van der Waals surface area contributed by atoms with Crippen molar-refractivity contribution < 1.29 is 14.3 Å². The number of amides is 2. The molecule has 1 heterocycles. The number of allylic oxidation sites excluding steroid dienone is 1. The quantitative estimate of drug-likeness (QED) is 0.752. The van der Waals surface area contributed by atoms with Crippen LogP contribution in [0.4, 0.5) is 5.69 Å². The third kappa shape index (κ3) is 5.09. The molecule has 1 aliphatic rings. The number of carbonyl (C=O) groups excluding carboxylic acids is 2. The van der Waals surface area contributed by atoms with Gasteiger partial charge in [-0.15, -0.1) is 11.8 Å². The van der Waals surface area contributed by atoms with E-state index >= 15 is 0 Å². The van der Waals surface area contributed by atoms with Crippen molar-refractivity contribution in [2.24, 2.45) is 0 Å². The molecule has 0 saturated heterocycles. The van der Waals surface area contributed by atoms with Crippen LogP contribution in [-0.2, 0) is 16.1 Å². The lowest BCUT2D eigenvalue weighted by atomic mass is 10.1. The van der Waals surface area contributed by atoms with E-state index in [0.717, 1.165) is 11.1 Å². The van der Waals surface area contributed by atoms with E-state index in [0.29, 0.717) is 45.8 Å². The molecule has 146 valence electrons. The molecule has 0 fully saturated rings. The molecule has 3 rings (SSSR count). The Balaban J connectivity index is 1.75. The molecule has 0 bridgehead atoms. The zero-order valence-electron chi connectivity index (χ0n) is 15.7. The molecule has 1 aliphatic heterocycles. The number of thioether (sulfide) groups is 1. The summed E-state index contributed by atoms with van der Waals surface area (Å²) in [5, 5.41) is 6.10. The molecule has 0 saturated carbocycles. The number of anilines is 1. The zero-order chi connectivity index (χ0) is 20.1. The molecule has 0 radical (unpaired) electrons. The fourth-order valence-electron chi connectivity index (χ4n) is 2.71. The minimum absolute atomic E-state index is 0.294. The molecule has 5 nitrogen and oxygen atoms in total. The zero-order valence-corrected chi connectivity index (χ0v) is 17.2. The van der Waals surface area contributed by atoms with Crippen molar-refractivity contribution >= 4 is 40.9 Å². The van der Waals surface area contributed by atoms with Gasteiger partial charge in [0.15, 0.2) is 0 Å². The molecule has 7 heteroatoms. The normalized spacial score (nSPS) is 13.7. The standard InChI is InChI=1S/C21H21ClN2O3S/c1-13-3-5-15(6-4-13)12-23-20(25)17-11-16(22)7-8-18(17)24-21(26)19-14(2)27-9-10-28-19/h3-8,11H,9-10,12H2,1-2H3,(H,23,25)(H,24,26). The summed E-state index contributed by atoms with van der Waals surface area (Å²) in [7, 11) is 0. The Labute approximate surface area is 173 Å². The van der Waals surface area contributed by atoms with Crippen molar-refractivity contribution in [2.75, 3.05) is 17.7 Å². The average molecular weight is 417 g/mol. The lowest BCUT2D eigenvalue weighted by Gasteiger charge is -2.18. The smallest absolute Gasteiger partial charge is 0.265 e. The van der Waals surface area contributed by atoms with Crippen LogP contribution in [0.15, 0.2) is 53.1 Å². The van der Waals surface area contributed by atoms with Crippen LogP contribution in [0.25, 0.3) is 0 Å². The summed E-state index contributed by atoms with van der Waals surface area (Å²) in [6.45, 7) is 4.74. The number of hydrogen-bond acceptors (Lipinski definition) is 4. The molecular weight excluding hydrogens is 396 g/mol. The number of aryl methyl sites for hydroxylation is 1. The van der Waals surface area contributed by atoms with E-state index in [1.165, 1.54) is 11.8 Å². The van der Waals surface area contributed by atoms with Crippen LogP contribution in [0, 0.1) is 6.92 Å². The number of rotatable bonds is 5. The maximum Gasteiger partial charge on any atom is 0.265 e. The molecule has 2 amide bonds. The van der Waals surface area contributed by atoms with E-state index in [2.05, 4.69) is 10.6 Å². The van der Waals surface area contributed by atoms with E-state index in [-0.39, 0.29) is 11.8 Å². The van der Waals surface area contributed by atoms with Crippen LogP contribution < -0.4 is 10.6 Å². The first-order valence-corrected chi connectivity index (χ1v) is 10.2. The first-order chi connectivity index (χ1) is 13.4. The SMILES string of the molecule is CC1=C(C(=O)Nc2ccc(Cl)cc2C(=O)NCc2ccc(C)cc2)SCCO1. The van der Waals surface area contributed by atoms with Crippen molar-refractivity contribution in [1.29, 1.82) is 0 Å². The molecule has 28 heavy (non-hydrogen) atoms. The summed E-state index contributed by atoms with van der Waals surface area (Å²) < 4.78 is 5.44. The van der Waals surface area contributed by atoms with Gasteiger partial charge in [0, 0.05) is 17.3 Å². The first-order valence-electron chi connectivity index (χ1n) is 8.85. The predicted molar refractivity (Wildman–Crippen MR) is 114 cm³/mol. The van der Waals surface area contributed by atoms with Crippen LogP contribution >= 0.6 is 23.4 Å². The number of nitrogens with one attached hydrogen (secondary N) is 2. The molecule has 0 atom stereocenters. The minimum Gasteiger partial charge on any atom is -0.496 e. The van der Waals surface area contributed by atoms with E-state index in [1.807, 2.05) is 31.2 Å². The summed E-state index contributed by atoms with van der Waals surface area (Å²) in [5.74, 6) is 0.701. The van der Waals surface area contributed by atoms with Crippen molar-refractivity contribution in [3.8, 4) is 0 Å². The second-order valence-corrected chi connectivity index (χ2v) is 7.94. The highest BCUT2D eigenvalue weighted by atomic mass is 35.5. The average Bonchev–Trinajstić information content (AvgIpc) is 2.69. The second-order valence-electron chi connectivity index (χ2n) is 6.39. The van der Waals surface area contributed by atoms with Crippen molar-refractivity contribution in [3.63, 3.8) is 0 Å². The summed E-state index contributed by atoms with van der Waals surface area (Å²) in [5.41, 5.74) is 2.86. The van der Waals surface area contributed by atoms with Crippen LogP contribution in [0.2, 0.25) is 5.02 Å². The Bertz CT molecular complexity index is 926. The Hall–Kier alpha value is -2.44. The minimum atomic E-state index is -0.309. The highest BCUT2D eigenvalue weighted by Crippen LogP contribution is 2.28.